The lowest BCUT2D eigenvalue weighted by molar-refractivity contribution is -0.121. The van der Waals surface area contributed by atoms with Crippen molar-refractivity contribution in [2.75, 3.05) is 16.0 Å². The molecular weight excluding hydrogens is 362 g/mol. The van der Waals surface area contributed by atoms with Crippen LogP contribution in [0.15, 0.2) is 48.5 Å². The lowest BCUT2D eigenvalue weighted by Gasteiger charge is -2.14. The number of nitrogens with one attached hydrogen (secondary N) is 1. The zero-order valence-corrected chi connectivity index (χ0v) is 14.3. The Hall–Kier alpha value is -2.74. The lowest BCUT2D eigenvalue weighted by Crippen LogP contribution is -2.31. The fraction of sp³-hybridized carbons (Fsp3) is 0.167. The van der Waals surface area contributed by atoms with Gasteiger partial charge in [-0.3, -0.25) is 14.4 Å². The Morgan fingerprint density at radius 2 is 1.85 bits per heavy atom. The molecule has 3 amide bonds. The third kappa shape index (κ3) is 4.08. The highest BCUT2D eigenvalue weighted by Gasteiger charge is 2.40. The highest BCUT2D eigenvalue weighted by Crippen LogP contribution is 2.29. The standard InChI is InChI=1S/C18H14F2N2O3S/c19-11-4-6-14(7-5-11)22-17(24)9-15(18(22)25)26-10-16(23)21-13-3-1-2-12(20)8-13/h1-8,15H,9-10H2,(H,21,23)/t15-/m0/s1. The van der Waals surface area contributed by atoms with Crippen LogP contribution in [0.4, 0.5) is 20.2 Å². The summed E-state index contributed by atoms with van der Waals surface area (Å²) in [5.74, 6) is -2.23. The number of amides is 3. The van der Waals surface area contributed by atoms with Crippen molar-refractivity contribution in [3.63, 3.8) is 0 Å². The summed E-state index contributed by atoms with van der Waals surface area (Å²) in [6.07, 6.45) is -0.0336. The zero-order valence-electron chi connectivity index (χ0n) is 13.4. The van der Waals surface area contributed by atoms with Crippen molar-refractivity contribution < 1.29 is 23.2 Å². The third-order valence-corrected chi connectivity index (χ3v) is 4.91. The monoisotopic (exact) mass is 376 g/mol. The van der Waals surface area contributed by atoms with Gasteiger partial charge in [0.05, 0.1) is 16.7 Å². The minimum Gasteiger partial charge on any atom is -0.325 e. The van der Waals surface area contributed by atoms with Gasteiger partial charge in [-0.15, -0.1) is 11.8 Å². The highest BCUT2D eigenvalue weighted by molar-refractivity contribution is 8.01. The van der Waals surface area contributed by atoms with Crippen LogP contribution in [0.1, 0.15) is 6.42 Å². The van der Waals surface area contributed by atoms with E-state index in [9.17, 15) is 23.2 Å². The minimum absolute atomic E-state index is 0.0336. The van der Waals surface area contributed by atoms with E-state index >= 15 is 0 Å². The molecule has 1 saturated heterocycles. The van der Waals surface area contributed by atoms with Crippen LogP contribution in [-0.4, -0.2) is 28.7 Å². The minimum atomic E-state index is -0.689. The average Bonchev–Trinajstić information content (AvgIpc) is 2.88. The van der Waals surface area contributed by atoms with Crippen molar-refractivity contribution in [3.05, 3.63) is 60.2 Å². The molecular formula is C18H14F2N2O3S. The first-order valence-corrected chi connectivity index (χ1v) is 8.78. The molecule has 1 N–H and O–H groups in total. The van der Waals surface area contributed by atoms with E-state index < -0.39 is 34.6 Å². The van der Waals surface area contributed by atoms with Crippen LogP contribution in [0.25, 0.3) is 0 Å². The molecule has 1 fully saturated rings. The van der Waals surface area contributed by atoms with E-state index in [2.05, 4.69) is 5.32 Å². The van der Waals surface area contributed by atoms with Crippen LogP contribution in [-0.2, 0) is 14.4 Å². The molecule has 26 heavy (non-hydrogen) atoms. The number of carbonyl (C=O) groups excluding carboxylic acids is 3. The maximum absolute atomic E-state index is 13.1. The Kier molecular flexibility index (Phi) is 5.32. The van der Waals surface area contributed by atoms with E-state index in [-0.39, 0.29) is 12.2 Å². The molecule has 0 spiro atoms. The summed E-state index contributed by atoms with van der Waals surface area (Å²) in [4.78, 5) is 37.5. The molecule has 0 unspecified atom stereocenters. The Morgan fingerprint density at radius 1 is 1.12 bits per heavy atom. The summed E-state index contributed by atoms with van der Waals surface area (Å²) >= 11 is 1.04. The summed E-state index contributed by atoms with van der Waals surface area (Å²) < 4.78 is 26.1. The number of hydrogen-bond donors (Lipinski definition) is 1. The normalized spacial score (nSPS) is 16.8. The molecule has 0 aliphatic carbocycles. The van der Waals surface area contributed by atoms with Crippen molar-refractivity contribution in [1.82, 2.24) is 0 Å². The first-order valence-electron chi connectivity index (χ1n) is 7.73. The summed E-state index contributed by atoms with van der Waals surface area (Å²) in [6.45, 7) is 0. The molecule has 8 heteroatoms. The molecule has 0 radical (unpaired) electrons. The van der Waals surface area contributed by atoms with E-state index in [4.69, 9.17) is 0 Å². The highest BCUT2D eigenvalue weighted by atomic mass is 32.2. The second kappa shape index (κ2) is 7.65. The molecule has 2 aromatic carbocycles. The summed E-state index contributed by atoms with van der Waals surface area (Å²) in [6, 6.07) is 10.5. The third-order valence-electron chi connectivity index (χ3n) is 3.71. The van der Waals surface area contributed by atoms with Crippen LogP contribution in [0, 0.1) is 11.6 Å². The number of anilines is 2. The van der Waals surface area contributed by atoms with Gasteiger partial charge in [0.15, 0.2) is 0 Å². The first kappa shape index (κ1) is 18.1. The van der Waals surface area contributed by atoms with Gasteiger partial charge in [0.2, 0.25) is 17.7 Å². The molecule has 1 heterocycles. The van der Waals surface area contributed by atoms with Crippen LogP contribution < -0.4 is 10.2 Å². The number of nitrogens with zero attached hydrogens (tertiary/aromatic N) is 1. The van der Waals surface area contributed by atoms with E-state index in [1.165, 1.54) is 42.5 Å². The van der Waals surface area contributed by atoms with Gasteiger partial charge in [-0.05, 0) is 42.5 Å². The summed E-state index contributed by atoms with van der Waals surface area (Å²) in [5, 5.41) is 1.84. The van der Waals surface area contributed by atoms with Crippen molar-refractivity contribution in [1.29, 1.82) is 0 Å². The number of benzene rings is 2. The van der Waals surface area contributed by atoms with Gasteiger partial charge in [-0.2, -0.15) is 0 Å². The number of carbonyl (C=O) groups is 3. The second-order valence-electron chi connectivity index (χ2n) is 5.61. The zero-order chi connectivity index (χ0) is 18.7. The molecule has 0 bridgehead atoms. The molecule has 134 valence electrons. The van der Waals surface area contributed by atoms with Gasteiger partial charge >= 0.3 is 0 Å². The van der Waals surface area contributed by atoms with Gasteiger partial charge in [-0.1, -0.05) is 6.07 Å². The van der Waals surface area contributed by atoms with Gasteiger partial charge in [-0.25, -0.2) is 13.7 Å². The van der Waals surface area contributed by atoms with Crippen molar-refractivity contribution in [2.45, 2.75) is 11.7 Å². The number of hydrogen-bond acceptors (Lipinski definition) is 4. The lowest BCUT2D eigenvalue weighted by atomic mass is 10.3. The van der Waals surface area contributed by atoms with Crippen molar-refractivity contribution in [3.8, 4) is 0 Å². The molecule has 1 atom stereocenters. The van der Waals surface area contributed by atoms with Crippen LogP contribution in [0.3, 0.4) is 0 Å². The fourth-order valence-corrected chi connectivity index (χ4v) is 3.47. The van der Waals surface area contributed by atoms with Crippen LogP contribution in [0.2, 0.25) is 0 Å². The molecule has 1 aliphatic heterocycles. The topological polar surface area (TPSA) is 66.5 Å². The summed E-state index contributed by atoms with van der Waals surface area (Å²) in [5.41, 5.74) is 0.617. The largest absolute Gasteiger partial charge is 0.325 e. The Balaban J connectivity index is 1.59. The molecule has 2 aromatic rings. The van der Waals surface area contributed by atoms with E-state index in [1.807, 2.05) is 0 Å². The van der Waals surface area contributed by atoms with Crippen molar-refractivity contribution >= 4 is 40.9 Å². The van der Waals surface area contributed by atoms with Gasteiger partial charge < -0.3 is 5.32 Å². The summed E-state index contributed by atoms with van der Waals surface area (Å²) in [7, 11) is 0. The number of rotatable bonds is 5. The van der Waals surface area contributed by atoms with Gasteiger partial charge in [0, 0.05) is 12.1 Å². The fourth-order valence-electron chi connectivity index (χ4n) is 2.54. The van der Waals surface area contributed by atoms with Crippen molar-refractivity contribution in [2.24, 2.45) is 0 Å². The maximum Gasteiger partial charge on any atom is 0.247 e. The number of imide groups is 1. The average molecular weight is 376 g/mol. The van der Waals surface area contributed by atoms with Crippen LogP contribution >= 0.6 is 11.8 Å². The molecule has 3 rings (SSSR count). The first-order chi connectivity index (χ1) is 12.4. The molecule has 0 saturated carbocycles. The van der Waals surface area contributed by atoms with E-state index in [0.29, 0.717) is 11.4 Å². The number of thioether (sulfide) groups is 1. The smallest absolute Gasteiger partial charge is 0.247 e. The SMILES string of the molecule is O=C(CS[C@H]1CC(=O)N(c2ccc(F)cc2)C1=O)Nc1cccc(F)c1. The maximum atomic E-state index is 13.1. The molecule has 0 aromatic heterocycles. The predicted molar refractivity (Wildman–Crippen MR) is 94.8 cm³/mol. The van der Waals surface area contributed by atoms with E-state index in [1.54, 1.807) is 6.07 Å². The van der Waals surface area contributed by atoms with E-state index in [0.717, 1.165) is 16.7 Å². The Labute approximate surface area is 152 Å². The van der Waals surface area contributed by atoms with Gasteiger partial charge in [0.1, 0.15) is 11.6 Å². The quantitative estimate of drug-likeness (QED) is 0.815. The predicted octanol–water partition coefficient (Wildman–Crippen LogP) is 2.97. The second-order valence-corrected chi connectivity index (χ2v) is 6.80. The molecule has 1 aliphatic rings. The van der Waals surface area contributed by atoms with Crippen LogP contribution in [0.5, 0.6) is 0 Å². The Morgan fingerprint density at radius 3 is 2.54 bits per heavy atom. The molecule has 5 nitrogen and oxygen atoms in total. The van der Waals surface area contributed by atoms with Gasteiger partial charge in [0.25, 0.3) is 0 Å². The Bertz CT molecular complexity index is 858. The number of halogens is 2.